The van der Waals surface area contributed by atoms with Crippen molar-refractivity contribution in [2.75, 3.05) is 0 Å². The summed E-state index contributed by atoms with van der Waals surface area (Å²) in [5.74, 6) is 2.03. The molecule has 3 rings (SSSR count). The highest BCUT2D eigenvalue weighted by molar-refractivity contribution is 5.81. The number of ether oxygens (including phenoxy) is 5. The lowest BCUT2D eigenvalue weighted by atomic mass is 9.78. The van der Waals surface area contributed by atoms with Crippen molar-refractivity contribution in [3.05, 3.63) is 0 Å². The first-order valence-corrected chi connectivity index (χ1v) is 14.2. The van der Waals surface area contributed by atoms with Crippen molar-refractivity contribution in [1.29, 1.82) is 0 Å². The number of rotatable bonds is 7. The second-order valence-electron chi connectivity index (χ2n) is 12.0. The standard InChI is InChI=1S/C29H52O6/c1-12-23-16(5)14(3)19(8)28(32-23)34-26-18(7)20(9)29(35-27(26)21(10)30)33-25-17(6)15(4)22(11)31-24(25)13-2/h14-20,22-29H,12-13H2,1-11H3/t14-,15?,16+,17+,18?,19?,20-,22?,23?,24?,25+,26+,27?,28-,29+/m0/s1. The molecule has 3 aliphatic rings. The summed E-state index contributed by atoms with van der Waals surface area (Å²) in [6.07, 6.45) is 0.314. The molecule has 0 radical (unpaired) electrons. The molecule has 0 N–H and O–H groups in total. The molecule has 204 valence electrons. The number of carbonyl (C=O) groups is 1. The molecule has 35 heavy (non-hydrogen) atoms. The first-order valence-electron chi connectivity index (χ1n) is 14.2. The fraction of sp³-hybridized carbons (Fsp3) is 0.966. The van der Waals surface area contributed by atoms with Gasteiger partial charge in [0.2, 0.25) is 0 Å². The molecule has 3 aliphatic heterocycles. The molecule has 7 unspecified atom stereocenters. The summed E-state index contributed by atoms with van der Waals surface area (Å²) in [5.41, 5.74) is 0. The number of Topliss-reactive ketones (excluding diaryl/α,β-unsaturated/α-hetero) is 1. The number of carbonyl (C=O) groups excluding carboxylic acids is 1. The highest BCUT2D eigenvalue weighted by Gasteiger charge is 2.50. The van der Waals surface area contributed by atoms with Gasteiger partial charge >= 0.3 is 0 Å². The summed E-state index contributed by atoms with van der Waals surface area (Å²) in [5, 5.41) is 0. The van der Waals surface area contributed by atoms with E-state index in [9.17, 15) is 4.79 Å². The van der Waals surface area contributed by atoms with Gasteiger partial charge in [0.05, 0.1) is 30.5 Å². The Morgan fingerprint density at radius 3 is 1.69 bits per heavy atom. The van der Waals surface area contributed by atoms with Crippen LogP contribution in [0.3, 0.4) is 0 Å². The van der Waals surface area contributed by atoms with Gasteiger partial charge in [0.25, 0.3) is 0 Å². The second kappa shape index (κ2) is 11.9. The van der Waals surface area contributed by atoms with Gasteiger partial charge in [-0.3, -0.25) is 4.79 Å². The van der Waals surface area contributed by atoms with Crippen LogP contribution >= 0.6 is 0 Å². The summed E-state index contributed by atoms with van der Waals surface area (Å²) in [4.78, 5) is 12.8. The molecule has 0 saturated carbocycles. The van der Waals surface area contributed by atoms with Crippen molar-refractivity contribution < 1.29 is 28.5 Å². The highest BCUT2D eigenvalue weighted by Crippen LogP contribution is 2.42. The minimum atomic E-state index is -0.673. The van der Waals surface area contributed by atoms with Gasteiger partial charge in [-0.1, -0.05) is 62.3 Å². The molecule has 6 nitrogen and oxygen atoms in total. The van der Waals surface area contributed by atoms with Gasteiger partial charge in [-0.25, -0.2) is 0 Å². The third kappa shape index (κ3) is 5.82. The predicted octanol–water partition coefficient (Wildman–Crippen LogP) is 5.86. The van der Waals surface area contributed by atoms with Crippen molar-refractivity contribution in [2.24, 2.45) is 41.4 Å². The molecule has 0 bridgehead atoms. The zero-order valence-electron chi connectivity index (χ0n) is 24.0. The number of ketones is 1. The summed E-state index contributed by atoms with van der Waals surface area (Å²) < 4.78 is 32.4. The second-order valence-corrected chi connectivity index (χ2v) is 12.0. The Hall–Kier alpha value is -0.530. The lowest BCUT2D eigenvalue weighted by Crippen LogP contribution is -2.59. The lowest BCUT2D eigenvalue weighted by Gasteiger charge is -2.50. The first-order chi connectivity index (χ1) is 16.4. The molecule has 3 fully saturated rings. The molecule has 0 aromatic rings. The van der Waals surface area contributed by atoms with Crippen LogP contribution in [0.5, 0.6) is 0 Å². The Morgan fingerprint density at radius 2 is 1.11 bits per heavy atom. The molecule has 15 atom stereocenters. The molecule has 3 saturated heterocycles. The van der Waals surface area contributed by atoms with Crippen molar-refractivity contribution in [3.63, 3.8) is 0 Å². The van der Waals surface area contributed by atoms with Gasteiger partial charge in [0, 0.05) is 11.8 Å². The average Bonchev–Trinajstić information content (AvgIpc) is 2.83. The van der Waals surface area contributed by atoms with Crippen LogP contribution in [0, 0.1) is 41.4 Å². The molecular weight excluding hydrogens is 444 g/mol. The van der Waals surface area contributed by atoms with Crippen LogP contribution in [0.25, 0.3) is 0 Å². The maximum Gasteiger partial charge on any atom is 0.162 e. The van der Waals surface area contributed by atoms with E-state index >= 15 is 0 Å². The molecule has 0 aromatic heterocycles. The zero-order chi connectivity index (χ0) is 26.2. The van der Waals surface area contributed by atoms with Crippen LogP contribution in [-0.2, 0) is 28.5 Å². The zero-order valence-corrected chi connectivity index (χ0v) is 24.0. The molecular formula is C29H52O6. The van der Waals surface area contributed by atoms with E-state index in [4.69, 9.17) is 23.7 Å². The van der Waals surface area contributed by atoms with E-state index in [-0.39, 0.29) is 60.3 Å². The van der Waals surface area contributed by atoms with E-state index in [0.717, 1.165) is 12.8 Å². The minimum Gasteiger partial charge on any atom is -0.372 e. The van der Waals surface area contributed by atoms with E-state index in [1.807, 2.05) is 0 Å². The van der Waals surface area contributed by atoms with Gasteiger partial charge in [-0.2, -0.15) is 0 Å². The number of hydrogen-bond acceptors (Lipinski definition) is 6. The third-order valence-corrected chi connectivity index (χ3v) is 9.97. The van der Waals surface area contributed by atoms with Crippen LogP contribution in [0.4, 0.5) is 0 Å². The maximum absolute atomic E-state index is 12.8. The smallest absolute Gasteiger partial charge is 0.162 e. The first kappa shape index (κ1) is 29.0. The van der Waals surface area contributed by atoms with E-state index in [2.05, 4.69) is 69.2 Å². The largest absolute Gasteiger partial charge is 0.372 e. The Kier molecular flexibility index (Phi) is 9.87. The van der Waals surface area contributed by atoms with E-state index in [1.54, 1.807) is 6.92 Å². The van der Waals surface area contributed by atoms with Gasteiger partial charge in [-0.05, 0) is 56.3 Å². The Labute approximate surface area is 214 Å². The van der Waals surface area contributed by atoms with Crippen molar-refractivity contribution in [3.8, 4) is 0 Å². The van der Waals surface area contributed by atoms with Crippen molar-refractivity contribution in [1.82, 2.24) is 0 Å². The van der Waals surface area contributed by atoms with Gasteiger partial charge in [0.15, 0.2) is 18.4 Å². The molecule has 0 amide bonds. The monoisotopic (exact) mass is 496 g/mol. The fourth-order valence-corrected chi connectivity index (χ4v) is 6.35. The maximum atomic E-state index is 12.8. The molecule has 0 aliphatic carbocycles. The topological polar surface area (TPSA) is 63.2 Å². The Bertz CT molecular complexity index is 695. The van der Waals surface area contributed by atoms with E-state index in [0.29, 0.717) is 23.7 Å². The average molecular weight is 497 g/mol. The molecule has 6 heteroatoms. The third-order valence-electron chi connectivity index (χ3n) is 9.97. The molecule has 0 spiro atoms. The molecule has 0 aromatic carbocycles. The van der Waals surface area contributed by atoms with Gasteiger partial charge in [-0.15, -0.1) is 0 Å². The normalized spacial score (nSPS) is 51.2. The lowest BCUT2D eigenvalue weighted by molar-refractivity contribution is -0.333. The Morgan fingerprint density at radius 1 is 0.600 bits per heavy atom. The van der Waals surface area contributed by atoms with Gasteiger partial charge < -0.3 is 23.7 Å². The summed E-state index contributed by atoms with van der Waals surface area (Å²) in [7, 11) is 0. The SMILES string of the molecule is CCC1O[C@@H](O[C@H]2C(C(C)=O)O[C@@H](O[C@H]3C(CC)OC(C)C(C)[C@H]3C)[C@@H](C)C2C)C(C)[C@@H](C)[C@H]1C. The number of hydrogen-bond donors (Lipinski definition) is 0. The fourth-order valence-electron chi connectivity index (χ4n) is 6.35. The van der Waals surface area contributed by atoms with Crippen molar-refractivity contribution in [2.45, 2.75) is 138 Å². The van der Waals surface area contributed by atoms with Crippen LogP contribution in [0.2, 0.25) is 0 Å². The predicted molar refractivity (Wildman–Crippen MR) is 137 cm³/mol. The highest BCUT2D eigenvalue weighted by atomic mass is 16.7. The van der Waals surface area contributed by atoms with Crippen molar-refractivity contribution >= 4 is 5.78 Å². The van der Waals surface area contributed by atoms with Crippen LogP contribution in [0.1, 0.15) is 89.0 Å². The summed E-state index contributed by atoms with van der Waals surface area (Å²) in [6.45, 7) is 23.6. The summed E-state index contributed by atoms with van der Waals surface area (Å²) in [6, 6.07) is 0. The van der Waals surface area contributed by atoms with E-state index < -0.39 is 12.4 Å². The van der Waals surface area contributed by atoms with Crippen LogP contribution in [-0.4, -0.2) is 55.0 Å². The van der Waals surface area contributed by atoms with Crippen LogP contribution < -0.4 is 0 Å². The van der Waals surface area contributed by atoms with E-state index in [1.165, 1.54) is 0 Å². The molecule has 3 heterocycles. The quantitative estimate of drug-likeness (QED) is 0.440. The van der Waals surface area contributed by atoms with Crippen LogP contribution in [0.15, 0.2) is 0 Å². The summed E-state index contributed by atoms with van der Waals surface area (Å²) >= 11 is 0. The Balaban J connectivity index is 1.77. The minimum absolute atomic E-state index is 0.0259. The van der Waals surface area contributed by atoms with Gasteiger partial charge in [0.1, 0.15) is 6.10 Å².